The number of rotatable bonds is 9. The molecule has 1 amide bonds. The second-order valence-electron chi connectivity index (χ2n) is 7.09. The summed E-state index contributed by atoms with van der Waals surface area (Å²) in [5, 5.41) is 5.37. The van der Waals surface area contributed by atoms with E-state index in [-0.39, 0.29) is 18.4 Å². The van der Waals surface area contributed by atoms with E-state index in [1.165, 1.54) is 11.3 Å². The van der Waals surface area contributed by atoms with Gasteiger partial charge in [0.05, 0.1) is 23.6 Å². The van der Waals surface area contributed by atoms with E-state index in [4.69, 9.17) is 9.47 Å². The van der Waals surface area contributed by atoms with E-state index in [2.05, 4.69) is 15.3 Å². The number of carbonyl (C=O) groups is 2. The standard InChI is InChI=1S/C23H25N3O4S/c1-4-29-19-11-6-5-9-17(19)21(27)26-20(15(2)3)23(28)30-13-16-14-31-22(25-16)18-10-7-8-12-24-18/h5-12,14-15,20H,4,13H2,1-3H3,(H,26,27)/t20-/m0/s1. The summed E-state index contributed by atoms with van der Waals surface area (Å²) < 4.78 is 11.0. The maximum Gasteiger partial charge on any atom is 0.329 e. The molecule has 0 aliphatic rings. The predicted octanol–water partition coefficient (Wildman–Crippen LogP) is 4.10. The third kappa shape index (κ3) is 5.88. The number of esters is 1. The Balaban J connectivity index is 1.63. The van der Waals surface area contributed by atoms with Gasteiger partial charge < -0.3 is 14.8 Å². The van der Waals surface area contributed by atoms with Gasteiger partial charge in [0.1, 0.15) is 23.4 Å². The topological polar surface area (TPSA) is 90.4 Å². The van der Waals surface area contributed by atoms with Crippen molar-refractivity contribution in [2.45, 2.75) is 33.4 Å². The van der Waals surface area contributed by atoms with Crippen LogP contribution in [-0.2, 0) is 16.1 Å². The molecule has 31 heavy (non-hydrogen) atoms. The molecule has 1 atom stereocenters. The Labute approximate surface area is 185 Å². The Morgan fingerprint density at radius 2 is 1.90 bits per heavy atom. The second-order valence-corrected chi connectivity index (χ2v) is 7.95. The van der Waals surface area contributed by atoms with Crippen LogP contribution < -0.4 is 10.1 Å². The summed E-state index contributed by atoms with van der Waals surface area (Å²) in [4.78, 5) is 34.2. The van der Waals surface area contributed by atoms with Crippen molar-refractivity contribution in [3.8, 4) is 16.5 Å². The van der Waals surface area contributed by atoms with Crippen molar-refractivity contribution in [3.05, 3.63) is 65.3 Å². The number of nitrogens with one attached hydrogen (secondary N) is 1. The van der Waals surface area contributed by atoms with Crippen molar-refractivity contribution in [1.82, 2.24) is 15.3 Å². The lowest BCUT2D eigenvalue weighted by Crippen LogP contribution is -2.45. The van der Waals surface area contributed by atoms with Crippen LogP contribution in [0.2, 0.25) is 0 Å². The van der Waals surface area contributed by atoms with Crippen LogP contribution in [0.15, 0.2) is 54.0 Å². The molecule has 0 bridgehead atoms. The molecule has 1 N–H and O–H groups in total. The minimum atomic E-state index is -0.795. The van der Waals surface area contributed by atoms with Gasteiger partial charge in [-0.25, -0.2) is 9.78 Å². The molecule has 2 aromatic heterocycles. The Morgan fingerprint density at radius 1 is 1.13 bits per heavy atom. The number of aromatic nitrogens is 2. The predicted molar refractivity (Wildman–Crippen MR) is 119 cm³/mol. The Morgan fingerprint density at radius 3 is 2.61 bits per heavy atom. The molecular weight excluding hydrogens is 414 g/mol. The van der Waals surface area contributed by atoms with E-state index in [0.717, 1.165) is 10.7 Å². The van der Waals surface area contributed by atoms with Gasteiger partial charge >= 0.3 is 5.97 Å². The number of para-hydroxylation sites is 1. The summed E-state index contributed by atoms with van der Waals surface area (Å²) in [5.41, 5.74) is 1.78. The molecule has 0 saturated heterocycles. The Hall–Kier alpha value is -3.26. The second kappa shape index (κ2) is 10.7. The van der Waals surface area contributed by atoms with Crippen LogP contribution in [0.4, 0.5) is 0 Å². The average Bonchev–Trinajstić information content (AvgIpc) is 3.26. The molecule has 0 radical (unpaired) electrons. The third-order valence-corrected chi connectivity index (χ3v) is 5.35. The molecule has 0 aliphatic carbocycles. The highest BCUT2D eigenvalue weighted by Gasteiger charge is 2.27. The first-order valence-corrected chi connectivity index (χ1v) is 10.9. The van der Waals surface area contributed by atoms with Crippen molar-refractivity contribution in [1.29, 1.82) is 0 Å². The van der Waals surface area contributed by atoms with Crippen LogP contribution in [0.1, 0.15) is 36.8 Å². The molecule has 8 heteroatoms. The van der Waals surface area contributed by atoms with Crippen molar-refractivity contribution in [2.24, 2.45) is 5.92 Å². The molecule has 7 nitrogen and oxygen atoms in total. The number of hydrogen-bond acceptors (Lipinski definition) is 7. The van der Waals surface area contributed by atoms with E-state index >= 15 is 0 Å². The fourth-order valence-corrected chi connectivity index (χ4v) is 3.65. The largest absolute Gasteiger partial charge is 0.493 e. The quantitative estimate of drug-likeness (QED) is 0.505. The van der Waals surface area contributed by atoms with Crippen LogP contribution in [0.3, 0.4) is 0 Å². The Kier molecular flexibility index (Phi) is 7.72. The highest BCUT2D eigenvalue weighted by Crippen LogP contribution is 2.22. The van der Waals surface area contributed by atoms with Gasteiger partial charge in [0, 0.05) is 11.6 Å². The van der Waals surface area contributed by atoms with Gasteiger partial charge in [0.2, 0.25) is 0 Å². The lowest BCUT2D eigenvalue weighted by Gasteiger charge is -2.21. The first-order chi connectivity index (χ1) is 15.0. The van der Waals surface area contributed by atoms with E-state index < -0.39 is 12.0 Å². The summed E-state index contributed by atoms with van der Waals surface area (Å²) in [6.45, 7) is 6.01. The molecule has 0 aliphatic heterocycles. The number of hydrogen-bond donors (Lipinski definition) is 1. The summed E-state index contributed by atoms with van der Waals surface area (Å²) in [6, 6.07) is 11.7. The first-order valence-electron chi connectivity index (χ1n) is 10.0. The number of carbonyl (C=O) groups excluding carboxylic acids is 2. The Bertz CT molecular complexity index is 1020. The number of pyridine rings is 1. The zero-order valence-corrected chi connectivity index (χ0v) is 18.5. The van der Waals surface area contributed by atoms with Gasteiger partial charge in [-0.3, -0.25) is 9.78 Å². The molecule has 1 aromatic carbocycles. The van der Waals surface area contributed by atoms with Gasteiger partial charge in [-0.15, -0.1) is 11.3 Å². The van der Waals surface area contributed by atoms with Gasteiger partial charge in [0.25, 0.3) is 5.91 Å². The average molecular weight is 440 g/mol. The molecule has 0 spiro atoms. The zero-order valence-electron chi connectivity index (χ0n) is 17.7. The van der Waals surface area contributed by atoms with Crippen LogP contribution in [0, 0.1) is 5.92 Å². The van der Waals surface area contributed by atoms with Crippen LogP contribution in [-0.4, -0.2) is 34.5 Å². The van der Waals surface area contributed by atoms with Gasteiger partial charge in [-0.1, -0.05) is 32.0 Å². The van der Waals surface area contributed by atoms with Crippen LogP contribution in [0.25, 0.3) is 10.7 Å². The van der Waals surface area contributed by atoms with E-state index in [0.29, 0.717) is 23.6 Å². The number of nitrogens with zero attached hydrogens (tertiary/aromatic N) is 2. The van der Waals surface area contributed by atoms with Crippen LogP contribution >= 0.6 is 11.3 Å². The highest BCUT2D eigenvalue weighted by molar-refractivity contribution is 7.13. The molecule has 2 heterocycles. The minimum absolute atomic E-state index is 0.0246. The maximum absolute atomic E-state index is 12.8. The summed E-state index contributed by atoms with van der Waals surface area (Å²) >= 11 is 1.43. The fourth-order valence-electron chi connectivity index (χ4n) is 2.87. The molecular formula is C23H25N3O4S. The normalized spacial score (nSPS) is 11.7. The molecule has 0 saturated carbocycles. The molecule has 162 valence electrons. The fraction of sp³-hybridized carbons (Fsp3) is 0.304. The number of thiazole rings is 1. The van der Waals surface area contributed by atoms with E-state index in [1.54, 1.807) is 30.5 Å². The number of benzene rings is 1. The van der Waals surface area contributed by atoms with Crippen molar-refractivity contribution in [3.63, 3.8) is 0 Å². The van der Waals surface area contributed by atoms with Crippen molar-refractivity contribution >= 4 is 23.2 Å². The van der Waals surface area contributed by atoms with Crippen molar-refractivity contribution in [2.75, 3.05) is 6.61 Å². The SMILES string of the molecule is CCOc1ccccc1C(=O)N[C@H](C(=O)OCc1csc(-c2ccccn2)n1)C(C)C. The van der Waals surface area contributed by atoms with Gasteiger partial charge in [0.15, 0.2) is 0 Å². The third-order valence-electron chi connectivity index (χ3n) is 4.44. The number of amides is 1. The van der Waals surface area contributed by atoms with Crippen molar-refractivity contribution < 1.29 is 19.1 Å². The zero-order chi connectivity index (χ0) is 22.2. The van der Waals surface area contributed by atoms with Gasteiger partial charge in [-0.2, -0.15) is 0 Å². The summed E-state index contributed by atoms with van der Waals surface area (Å²) in [7, 11) is 0. The molecule has 3 rings (SSSR count). The van der Waals surface area contributed by atoms with E-state index in [1.807, 2.05) is 44.4 Å². The molecule has 3 aromatic rings. The first kappa shape index (κ1) is 22.4. The van der Waals surface area contributed by atoms with Gasteiger partial charge in [-0.05, 0) is 37.1 Å². The smallest absolute Gasteiger partial charge is 0.329 e. The minimum Gasteiger partial charge on any atom is -0.493 e. The molecule has 0 fully saturated rings. The monoisotopic (exact) mass is 439 g/mol. The molecule has 0 unspecified atom stereocenters. The summed E-state index contributed by atoms with van der Waals surface area (Å²) in [6.07, 6.45) is 1.70. The van der Waals surface area contributed by atoms with E-state index in [9.17, 15) is 9.59 Å². The maximum atomic E-state index is 12.8. The summed E-state index contributed by atoms with van der Waals surface area (Å²) in [5.74, 6) is -0.575. The highest BCUT2D eigenvalue weighted by atomic mass is 32.1. The van der Waals surface area contributed by atoms with Crippen LogP contribution in [0.5, 0.6) is 5.75 Å². The lowest BCUT2D eigenvalue weighted by molar-refractivity contribution is -0.148. The lowest BCUT2D eigenvalue weighted by atomic mass is 10.0. The number of ether oxygens (including phenoxy) is 2.